The average Bonchev–Trinajstić information content (AvgIpc) is 2.49. The Morgan fingerprint density at radius 1 is 1.13 bits per heavy atom. The van der Waals surface area contributed by atoms with E-state index in [9.17, 15) is 13.2 Å². The number of alkyl halides is 4. The summed E-state index contributed by atoms with van der Waals surface area (Å²) in [6, 6.07) is 9.58. The van der Waals surface area contributed by atoms with Gasteiger partial charge in [0, 0.05) is 0 Å². The molecule has 0 radical (unpaired) electrons. The van der Waals surface area contributed by atoms with Crippen LogP contribution in [-0.2, 0) is 6.18 Å². The Bertz CT molecular complexity index is 712. The maximum absolute atomic E-state index is 12.5. The van der Waals surface area contributed by atoms with Crippen LogP contribution in [0.1, 0.15) is 11.1 Å². The molecule has 0 unspecified atom stereocenters. The smallest absolute Gasteiger partial charge is 0.416 e. The van der Waals surface area contributed by atoms with Gasteiger partial charge in [0.1, 0.15) is 17.3 Å². The van der Waals surface area contributed by atoms with Gasteiger partial charge in [-0.25, -0.2) is 4.99 Å². The molecule has 23 heavy (non-hydrogen) atoms. The molecule has 0 aliphatic rings. The van der Waals surface area contributed by atoms with Crippen molar-refractivity contribution in [3.63, 3.8) is 0 Å². The largest absolute Gasteiger partial charge is 0.457 e. The van der Waals surface area contributed by atoms with Gasteiger partial charge in [-0.3, -0.25) is 0 Å². The molecule has 2 rings (SSSR count). The van der Waals surface area contributed by atoms with E-state index in [0.29, 0.717) is 23.0 Å². The molecule has 0 aromatic heterocycles. The lowest BCUT2D eigenvalue weighted by atomic mass is 10.2. The number of nitrogens with zero attached hydrogens (tertiary/aromatic N) is 1. The summed E-state index contributed by atoms with van der Waals surface area (Å²) in [6.45, 7) is 1.82. The number of aryl methyl sites for hydroxylation is 1. The van der Waals surface area contributed by atoms with E-state index in [1.807, 2.05) is 6.92 Å². The van der Waals surface area contributed by atoms with Crippen LogP contribution in [0, 0.1) is 6.92 Å². The molecule has 7 heteroatoms. The van der Waals surface area contributed by atoms with Gasteiger partial charge in [0.15, 0.2) is 0 Å². The predicted octanol–water partition coefficient (Wildman–Crippen LogP) is 5.03. The van der Waals surface area contributed by atoms with Crippen LogP contribution in [0.5, 0.6) is 11.5 Å². The highest BCUT2D eigenvalue weighted by Crippen LogP contribution is 2.32. The number of ether oxygens (including phenoxy) is 1. The Morgan fingerprint density at radius 3 is 2.26 bits per heavy atom. The van der Waals surface area contributed by atoms with Crippen molar-refractivity contribution in [3.8, 4) is 11.5 Å². The number of halogens is 4. The van der Waals surface area contributed by atoms with E-state index in [-0.39, 0.29) is 5.88 Å². The Labute approximate surface area is 136 Å². The van der Waals surface area contributed by atoms with Gasteiger partial charge in [0.05, 0.1) is 17.1 Å². The molecule has 0 aliphatic carbocycles. The summed E-state index contributed by atoms with van der Waals surface area (Å²) in [7, 11) is 0. The highest BCUT2D eigenvalue weighted by atomic mass is 35.5. The first kappa shape index (κ1) is 17.1. The maximum atomic E-state index is 12.5. The third kappa shape index (κ3) is 4.63. The standard InChI is InChI=1S/C16H14ClF3N2O/c1-10-8-13(6-7-14(10)22-15(21)9-17)23-12-4-2-11(3-5-12)16(18,19)20/h2-8H,9H2,1H3,(H2,21,22). The first-order chi connectivity index (χ1) is 10.8. The SMILES string of the molecule is Cc1cc(Oc2ccc(C(F)(F)F)cc2)ccc1N=C(N)CCl. The summed E-state index contributed by atoms with van der Waals surface area (Å²) in [5.74, 6) is 1.23. The van der Waals surface area contributed by atoms with Crippen LogP contribution in [0.2, 0.25) is 0 Å². The molecule has 122 valence electrons. The van der Waals surface area contributed by atoms with Crippen LogP contribution in [0.3, 0.4) is 0 Å². The molecule has 2 aromatic carbocycles. The Morgan fingerprint density at radius 2 is 1.74 bits per heavy atom. The molecule has 0 bridgehead atoms. The van der Waals surface area contributed by atoms with Crippen molar-refractivity contribution in [1.29, 1.82) is 0 Å². The van der Waals surface area contributed by atoms with Crippen LogP contribution in [0.15, 0.2) is 47.5 Å². The highest BCUT2D eigenvalue weighted by Gasteiger charge is 2.30. The minimum Gasteiger partial charge on any atom is -0.457 e. The summed E-state index contributed by atoms with van der Waals surface area (Å²) >= 11 is 5.58. The van der Waals surface area contributed by atoms with Crippen molar-refractivity contribution < 1.29 is 17.9 Å². The summed E-state index contributed by atoms with van der Waals surface area (Å²) in [4.78, 5) is 4.15. The van der Waals surface area contributed by atoms with Gasteiger partial charge in [0.2, 0.25) is 0 Å². The van der Waals surface area contributed by atoms with Crippen molar-refractivity contribution in [2.45, 2.75) is 13.1 Å². The molecule has 0 atom stereocenters. The fourth-order valence-electron chi connectivity index (χ4n) is 1.85. The number of rotatable bonds is 4. The lowest BCUT2D eigenvalue weighted by Gasteiger charge is -2.10. The molecule has 0 saturated heterocycles. The molecule has 0 aliphatic heterocycles. The van der Waals surface area contributed by atoms with Crippen LogP contribution in [-0.4, -0.2) is 11.7 Å². The van der Waals surface area contributed by atoms with Crippen LogP contribution in [0.4, 0.5) is 18.9 Å². The molecule has 0 amide bonds. The van der Waals surface area contributed by atoms with Crippen LogP contribution >= 0.6 is 11.6 Å². The summed E-state index contributed by atoms with van der Waals surface area (Å²) < 4.78 is 43.1. The van der Waals surface area contributed by atoms with Crippen molar-refractivity contribution in [2.24, 2.45) is 10.7 Å². The normalized spacial score (nSPS) is 12.3. The number of benzene rings is 2. The van der Waals surface area contributed by atoms with Crippen molar-refractivity contribution in [2.75, 3.05) is 5.88 Å². The van der Waals surface area contributed by atoms with E-state index in [1.54, 1.807) is 18.2 Å². The van der Waals surface area contributed by atoms with Crippen molar-refractivity contribution in [1.82, 2.24) is 0 Å². The first-order valence-electron chi connectivity index (χ1n) is 6.64. The highest BCUT2D eigenvalue weighted by molar-refractivity contribution is 6.28. The lowest BCUT2D eigenvalue weighted by molar-refractivity contribution is -0.137. The molecular formula is C16H14ClF3N2O. The second kappa shape index (κ2) is 6.91. The number of hydrogen-bond donors (Lipinski definition) is 1. The number of amidine groups is 1. The van der Waals surface area contributed by atoms with Gasteiger partial charge in [-0.15, -0.1) is 11.6 Å². The lowest BCUT2D eigenvalue weighted by Crippen LogP contribution is -2.12. The fraction of sp³-hybridized carbons (Fsp3) is 0.188. The van der Waals surface area contributed by atoms with Gasteiger partial charge in [-0.2, -0.15) is 13.2 Å². The zero-order chi connectivity index (χ0) is 17.0. The minimum absolute atomic E-state index is 0.128. The van der Waals surface area contributed by atoms with E-state index in [2.05, 4.69) is 4.99 Å². The summed E-state index contributed by atoms with van der Waals surface area (Å²) in [6.07, 6.45) is -4.36. The van der Waals surface area contributed by atoms with Crippen molar-refractivity contribution >= 4 is 23.1 Å². The average molecular weight is 343 g/mol. The van der Waals surface area contributed by atoms with Gasteiger partial charge < -0.3 is 10.5 Å². The maximum Gasteiger partial charge on any atom is 0.416 e. The number of hydrogen-bond acceptors (Lipinski definition) is 2. The molecular weight excluding hydrogens is 329 g/mol. The molecule has 0 saturated carbocycles. The van der Waals surface area contributed by atoms with Gasteiger partial charge in [-0.1, -0.05) is 0 Å². The zero-order valence-electron chi connectivity index (χ0n) is 12.2. The molecule has 2 N–H and O–H groups in total. The van der Waals surface area contributed by atoms with E-state index in [4.69, 9.17) is 22.1 Å². The third-order valence-corrected chi connectivity index (χ3v) is 3.26. The van der Waals surface area contributed by atoms with Gasteiger partial charge in [-0.05, 0) is 55.0 Å². The number of aliphatic imine (C=N–C) groups is 1. The van der Waals surface area contributed by atoms with Gasteiger partial charge >= 0.3 is 6.18 Å². The third-order valence-electron chi connectivity index (χ3n) is 2.99. The molecule has 0 fully saturated rings. The van der Waals surface area contributed by atoms with E-state index in [0.717, 1.165) is 17.7 Å². The summed E-state index contributed by atoms with van der Waals surface area (Å²) in [5.41, 5.74) is 6.32. The summed E-state index contributed by atoms with van der Waals surface area (Å²) in [5, 5.41) is 0. The predicted molar refractivity (Wildman–Crippen MR) is 84.7 cm³/mol. The molecule has 0 spiro atoms. The van der Waals surface area contributed by atoms with Crippen LogP contribution < -0.4 is 10.5 Å². The second-order valence-electron chi connectivity index (χ2n) is 4.81. The monoisotopic (exact) mass is 342 g/mol. The van der Waals surface area contributed by atoms with Crippen molar-refractivity contribution in [3.05, 3.63) is 53.6 Å². The zero-order valence-corrected chi connectivity index (χ0v) is 12.9. The molecule has 2 aromatic rings. The Balaban J connectivity index is 2.16. The Hall–Kier alpha value is -2.21. The first-order valence-corrected chi connectivity index (χ1v) is 7.18. The van der Waals surface area contributed by atoms with E-state index in [1.165, 1.54) is 12.1 Å². The van der Waals surface area contributed by atoms with Crippen LogP contribution in [0.25, 0.3) is 0 Å². The van der Waals surface area contributed by atoms with E-state index < -0.39 is 11.7 Å². The second-order valence-corrected chi connectivity index (χ2v) is 5.08. The molecule has 3 nitrogen and oxygen atoms in total. The topological polar surface area (TPSA) is 47.6 Å². The minimum atomic E-state index is -4.36. The van der Waals surface area contributed by atoms with Gasteiger partial charge in [0.25, 0.3) is 0 Å². The fourth-order valence-corrected chi connectivity index (χ4v) is 1.91. The number of nitrogens with two attached hydrogens (primary N) is 1. The quantitative estimate of drug-likeness (QED) is 0.481. The van der Waals surface area contributed by atoms with E-state index >= 15 is 0 Å². The Kier molecular flexibility index (Phi) is 5.15. The molecule has 0 heterocycles.